The quantitative estimate of drug-likeness (QED) is 0.747. The minimum atomic E-state index is -0.590. The van der Waals surface area contributed by atoms with Crippen molar-refractivity contribution in [2.75, 3.05) is 5.32 Å². The van der Waals surface area contributed by atoms with Crippen molar-refractivity contribution < 1.29 is 13.9 Å². The van der Waals surface area contributed by atoms with Crippen LogP contribution in [0.4, 0.5) is 14.3 Å². The summed E-state index contributed by atoms with van der Waals surface area (Å²) in [6.45, 7) is 5.35. The molecule has 4 nitrogen and oxygen atoms in total. The number of carbonyl (C=O) groups excluding carboxylic acids is 1. The zero-order valence-electron chi connectivity index (χ0n) is 12.5. The van der Waals surface area contributed by atoms with Crippen molar-refractivity contribution in [3.8, 4) is 0 Å². The molecule has 1 N–H and O–H groups in total. The molecule has 0 bridgehead atoms. The molecule has 1 amide bonds. The van der Waals surface area contributed by atoms with Gasteiger partial charge in [0.1, 0.15) is 16.9 Å². The third-order valence-electron chi connectivity index (χ3n) is 3.39. The molecule has 0 unspecified atom stereocenters. The number of aromatic nitrogens is 1. The first kappa shape index (κ1) is 15.7. The summed E-state index contributed by atoms with van der Waals surface area (Å²) in [7, 11) is 0. The molecule has 0 saturated heterocycles. The van der Waals surface area contributed by atoms with Crippen LogP contribution in [0.3, 0.4) is 0 Å². The second-order valence-electron chi connectivity index (χ2n) is 6.26. The number of nitrogens with one attached hydrogen (secondary N) is 1. The zero-order valence-corrected chi connectivity index (χ0v) is 15.0. The molecule has 1 aliphatic carbocycles. The van der Waals surface area contributed by atoms with Gasteiger partial charge in [-0.3, -0.25) is 5.32 Å². The average Bonchev–Trinajstić information content (AvgIpc) is 2.99. The lowest BCUT2D eigenvalue weighted by atomic mass is 10.1. The van der Waals surface area contributed by atoms with Crippen LogP contribution in [0.2, 0.25) is 0 Å². The Morgan fingerprint density at radius 3 is 2.73 bits per heavy atom. The standard InChI is InChI=1S/C15H16BrFN2O2S/c1-15(2,3)21-14(20)19-13-18-11-9(16)7-5-4-6-8(7)10(17)12(11)22-13/h4-6H2,1-3H3,(H,18,19,20). The van der Waals surface area contributed by atoms with Crippen LogP contribution in [0.15, 0.2) is 4.47 Å². The molecule has 1 aromatic carbocycles. The minimum Gasteiger partial charge on any atom is -0.444 e. The Bertz CT molecular complexity index is 720. The molecular weight excluding hydrogens is 371 g/mol. The molecule has 22 heavy (non-hydrogen) atoms. The highest BCUT2D eigenvalue weighted by molar-refractivity contribution is 9.10. The van der Waals surface area contributed by atoms with E-state index in [1.165, 1.54) is 0 Å². The van der Waals surface area contributed by atoms with Gasteiger partial charge < -0.3 is 4.74 Å². The summed E-state index contributed by atoms with van der Waals surface area (Å²) < 4.78 is 21.1. The number of amides is 1. The molecule has 7 heteroatoms. The van der Waals surface area contributed by atoms with Crippen molar-refractivity contribution in [2.24, 2.45) is 0 Å². The van der Waals surface area contributed by atoms with Crippen molar-refractivity contribution in [2.45, 2.75) is 45.6 Å². The molecule has 118 valence electrons. The number of carbonyl (C=O) groups is 1. The fourth-order valence-electron chi connectivity index (χ4n) is 2.57. The van der Waals surface area contributed by atoms with E-state index >= 15 is 0 Å². The highest BCUT2D eigenvalue weighted by Gasteiger charge is 2.25. The van der Waals surface area contributed by atoms with Gasteiger partial charge in [0.05, 0.1) is 4.70 Å². The van der Waals surface area contributed by atoms with E-state index in [0.717, 1.165) is 46.2 Å². The van der Waals surface area contributed by atoms with Crippen LogP contribution in [0, 0.1) is 5.82 Å². The van der Waals surface area contributed by atoms with E-state index in [1.54, 1.807) is 20.8 Å². The Kier molecular flexibility index (Phi) is 3.89. The van der Waals surface area contributed by atoms with Crippen LogP contribution in [0.5, 0.6) is 0 Å². The molecular formula is C15H16BrFN2O2S. The van der Waals surface area contributed by atoms with Crippen LogP contribution < -0.4 is 5.32 Å². The van der Waals surface area contributed by atoms with Crippen LogP contribution in [0.25, 0.3) is 10.2 Å². The van der Waals surface area contributed by atoms with Crippen molar-refractivity contribution in [1.82, 2.24) is 4.98 Å². The number of benzene rings is 1. The molecule has 0 spiro atoms. The summed E-state index contributed by atoms with van der Waals surface area (Å²) in [6, 6.07) is 0. The maximum atomic E-state index is 14.6. The van der Waals surface area contributed by atoms with Gasteiger partial charge in [-0.2, -0.15) is 0 Å². The molecule has 0 saturated carbocycles. The lowest BCUT2D eigenvalue weighted by molar-refractivity contribution is 0.0636. The number of nitrogens with zero attached hydrogens (tertiary/aromatic N) is 1. The predicted molar refractivity (Wildman–Crippen MR) is 89.2 cm³/mol. The van der Waals surface area contributed by atoms with Crippen molar-refractivity contribution in [3.05, 3.63) is 21.4 Å². The summed E-state index contributed by atoms with van der Waals surface area (Å²) in [5.74, 6) is -0.208. The van der Waals surface area contributed by atoms with Crippen LogP contribution >= 0.6 is 27.3 Å². The molecule has 0 radical (unpaired) electrons. The molecule has 3 rings (SSSR count). The Morgan fingerprint density at radius 2 is 2.05 bits per heavy atom. The van der Waals surface area contributed by atoms with Gasteiger partial charge >= 0.3 is 6.09 Å². The number of ether oxygens (including phenoxy) is 1. The fourth-order valence-corrected chi connectivity index (χ4v) is 4.35. The minimum absolute atomic E-state index is 0.208. The van der Waals surface area contributed by atoms with Crippen LogP contribution in [0.1, 0.15) is 38.3 Å². The van der Waals surface area contributed by atoms with Crippen LogP contribution in [-0.4, -0.2) is 16.7 Å². The summed E-state index contributed by atoms with van der Waals surface area (Å²) in [5.41, 5.74) is 1.74. The van der Waals surface area contributed by atoms with Gasteiger partial charge in [0.15, 0.2) is 5.13 Å². The lowest BCUT2D eigenvalue weighted by Crippen LogP contribution is -2.27. The predicted octanol–water partition coefficient (Wildman–Crippen LogP) is 5.03. The summed E-state index contributed by atoms with van der Waals surface area (Å²) in [6.07, 6.45) is 1.98. The molecule has 1 heterocycles. The van der Waals surface area contributed by atoms with Gasteiger partial charge in [-0.15, -0.1) is 0 Å². The van der Waals surface area contributed by atoms with Crippen molar-refractivity contribution >= 4 is 48.7 Å². The smallest absolute Gasteiger partial charge is 0.413 e. The number of rotatable bonds is 1. The molecule has 1 aromatic heterocycles. The lowest BCUT2D eigenvalue weighted by Gasteiger charge is -2.18. The van der Waals surface area contributed by atoms with E-state index in [4.69, 9.17) is 4.74 Å². The topological polar surface area (TPSA) is 51.2 Å². The Morgan fingerprint density at radius 1 is 1.36 bits per heavy atom. The Labute approximate surface area is 140 Å². The van der Waals surface area contributed by atoms with Crippen molar-refractivity contribution in [3.63, 3.8) is 0 Å². The number of anilines is 1. The van der Waals surface area contributed by atoms with Gasteiger partial charge in [-0.25, -0.2) is 14.2 Å². The second-order valence-corrected chi connectivity index (χ2v) is 8.05. The summed E-state index contributed by atoms with van der Waals surface area (Å²) >= 11 is 4.66. The van der Waals surface area contributed by atoms with E-state index < -0.39 is 11.7 Å². The van der Waals surface area contributed by atoms with E-state index in [9.17, 15) is 9.18 Å². The maximum Gasteiger partial charge on any atom is 0.413 e. The first-order chi connectivity index (χ1) is 10.3. The monoisotopic (exact) mass is 386 g/mol. The van der Waals surface area contributed by atoms with Gasteiger partial charge in [0.25, 0.3) is 0 Å². The largest absolute Gasteiger partial charge is 0.444 e. The molecule has 0 fully saturated rings. The van der Waals surface area contributed by atoms with E-state index in [2.05, 4.69) is 26.2 Å². The number of hydrogen-bond donors (Lipinski definition) is 1. The molecule has 0 aliphatic heterocycles. The van der Waals surface area contributed by atoms with Gasteiger partial charge in [0.2, 0.25) is 0 Å². The maximum absolute atomic E-state index is 14.6. The van der Waals surface area contributed by atoms with Crippen molar-refractivity contribution in [1.29, 1.82) is 0 Å². The van der Waals surface area contributed by atoms with Gasteiger partial charge in [0, 0.05) is 4.47 Å². The fraction of sp³-hybridized carbons (Fsp3) is 0.467. The first-order valence-electron chi connectivity index (χ1n) is 7.05. The SMILES string of the molecule is CC(C)(C)OC(=O)Nc1nc2c(Br)c3c(c(F)c2s1)CCC3. The Balaban J connectivity index is 1.96. The first-order valence-corrected chi connectivity index (χ1v) is 8.66. The number of hydrogen-bond acceptors (Lipinski definition) is 4. The second kappa shape index (κ2) is 5.45. The van der Waals surface area contributed by atoms with Gasteiger partial charge in [-0.1, -0.05) is 11.3 Å². The number of thiazole rings is 1. The van der Waals surface area contributed by atoms with E-state index in [1.807, 2.05) is 0 Å². The molecule has 1 aliphatic rings. The third kappa shape index (κ3) is 2.84. The average molecular weight is 387 g/mol. The highest BCUT2D eigenvalue weighted by atomic mass is 79.9. The van der Waals surface area contributed by atoms with E-state index in [-0.39, 0.29) is 5.82 Å². The number of fused-ring (bicyclic) bond motifs is 2. The number of halogens is 2. The normalized spacial score (nSPS) is 14.2. The third-order valence-corrected chi connectivity index (χ3v) is 5.21. The summed E-state index contributed by atoms with van der Waals surface area (Å²) in [5, 5.41) is 2.92. The van der Waals surface area contributed by atoms with E-state index in [0.29, 0.717) is 15.3 Å². The molecule has 0 atom stereocenters. The highest BCUT2D eigenvalue weighted by Crippen LogP contribution is 2.41. The van der Waals surface area contributed by atoms with Crippen LogP contribution in [-0.2, 0) is 17.6 Å². The van der Waals surface area contributed by atoms with Gasteiger partial charge in [-0.05, 0) is 67.1 Å². The Hall–Kier alpha value is -1.21. The zero-order chi connectivity index (χ0) is 16.1. The molecule has 2 aromatic rings. The summed E-state index contributed by atoms with van der Waals surface area (Å²) in [4.78, 5) is 16.1.